The minimum Gasteiger partial charge on any atom is -0.496 e. The molecule has 2 aromatic carbocycles. The first kappa shape index (κ1) is 15.9. The fraction of sp³-hybridized carbons (Fsp3) is 0.105. The Labute approximate surface area is 150 Å². The van der Waals surface area contributed by atoms with Gasteiger partial charge in [0.2, 0.25) is 0 Å². The second-order valence-electron chi connectivity index (χ2n) is 5.67. The average Bonchev–Trinajstić information content (AvgIpc) is 3.10. The lowest BCUT2D eigenvalue weighted by Crippen LogP contribution is -1.99. The van der Waals surface area contributed by atoms with Crippen LogP contribution in [0.5, 0.6) is 11.5 Å². The van der Waals surface area contributed by atoms with Crippen LogP contribution in [0.2, 0.25) is 0 Å². The number of methoxy groups -OCH3 is 2. The summed E-state index contributed by atoms with van der Waals surface area (Å²) >= 11 is 0. The Bertz CT molecular complexity index is 1090. The van der Waals surface area contributed by atoms with Crippen molar-refractivity contribution < 1.29 is 9.47 Å². The Balaban J connectivity index is 1.86. The summed E-state index contributed by atoms with van der Waals surface area (Å²) in [5, 5.41) is 13.2. The Morgan fingerprint density at radius 3 is 2.46 bits per heavy atom. The maximum absolute atomic E-state index is 6.02. The van der Waals surface area contributed by atoms with Crippen molar-refractivity contribution in [3.8, 4) is 34.1 Å². The molecule has 0 fully saturated rings. The van der Waals surface area contributed by atoms with Crippen LogP contribution < -0.4 is 15.2 Å². The molecular weight excluding hydrogens is 330 g/mol. The quantitative estimate of drug-likeness (QED) is 0.571. The second-order valence-corrected chi connectivity index (χ2v) is 5.67. The monoisotopic (exact) mass is 347 g/mol. The van der Waals surface area contributed by atoms with E-state index in [2.05, 4.69) is 10.2 Å². The molecule has 0 aliphatic rings. The van der Waals surface area contributed by atoms with Gasteiger partial charge in [-0.05, 0) is 42.5 Å². The summed E-state index contributed by atoms with van der Waals surface area (Å²) in [7, 11) is 3.22. The third-order valence-electron chi connectivity index (χ3n) is 4.14. The van der Waals surface area contributed by atoms with Gasteiger partial charge in [-0.1, -0.05) is 12.1 Å². The summed E-state index contributed by atoms with van der Waals surface area (Å²) in [5.41, 5.74) is 9.68. The van der Waals surface area contributed by atoms with Crippen molar-refractivity contribution in [3.63, 3.8) is 0 Å². The normalized spacial score (nSPS) is 10.8. The van der Waals surface area contributed by atoms with E-state index in [1.54, 1.807) is 18.7 Å². The molecule has 0 aliphatic carbocycles. The van der Waals surface area contributed by atoms with Crippen LogP contribution >= 0.6 is 0 Å². The van der Waals surface area contributed by atoms with E-state index in [0.717, 1.165) is 16.8 Å². The smallest absolute Gasteiger partial charge is 0.189 e. The first-order valence-electron chi connectivity index (χ1n) is 8.01. The SMILES string of the molecule is COc1ccc(-c2ccc3nnc(-c4ccccc4OC)n3n2)cc1N. The molecule has 0 spiro atoms. The predicted octanol–water partition coefficient (Wildman–Crippen LogP) is 3.06. The third kappa shape index (κ3) is 2.59. The zero-order chi connectivity index (χ0) is 18.1. The first-order chi connectivity index (χ1) is 12.7. The molecule has 7 nitrogen and oxygen atoms in total. The highest BCUT2D eigenvalue weighted by Gasteiger charge is 2.14. The minimum atomic E-state index is 0.556. The molecule has 4 aromatic rings. The van der Waals surface area contributed by atoms with Crippen molar-refractivity contribution in [2.75, 3.05) is 20.0 Å². The van der Waals surface area contributed by atoms with E-state index in [1.165, 1.54) is 0 Å². The van der Waals surface area contributed by atoms with Crippen LogP contribution in [-0.2, 0) is 0 Å². The van der Waals surface area contributed by atoms with Crippen molar-refractivity contribution in [1.29, 1.82) is 0 Å². The molecule has 130 valence electrons. The number of benzene rings is 2. The number of fused-ring (bicyclic) bond motifs is 1. The number of nitrogen functional groups attached to an aromatic ring is 1. The van der Waals surface area contributed by atoms with Gasteiger partial charge in [-0.3, -0.25) is 0 Å². The lowest BCUT2D eigenvalue weighted by Gasteiger charge is -2.08. The summed E-state index contributed by atoms with van der Waals surface area (Å²) in [6.45, 7) is 0. The van der Waals surface area contributed by atoms with Crippen molar-refractivity contribution in [2.45, 2.75) is 0 Å². The van der Waals surface area contributed by atoms with Crippen LogP contribution in [-0.4, -0.2) is 34.0 Å². The number of aromatic nitrogens is 4. The highest BCUT2D eigenvalue weighted by Crippen LogP contribution is 2.30. The topological polar surface area (TPSA) is 87.6 Å². The molecule has 0 saturated carbocycles. The van der Waals surface area contributed by atoms with E-state index in [0.29, 0.717) is 28.7 Å². The zero-order valence-corrected chi connectivity index (χ0v) is 14.4. The standard InChI is InChI=1S/C19H17N5O2/c1-25-16-6-4-3-5-13(16)19-22-21-18-10-8-15(23-24(18)19)12-7-9-17(26-2)14(20)11-12/h3-11H,20H2,1-2H3. The fourth-order valence-corrected chi connectivity index (χ4v) is 2.83. The number of ether oxygens (including phenoxy) is 2. The van der Waals surface area contributed by atoms with Gasteiger partial charge >= 0.3 is 0 Å². The Kier molecular flexibility index (Phi) is 3.89. The van der Waals surface area contributed by atoms with Gasteiger partial charge in [-0.25, -0.2) is 0 Å². The number of rotatable bonds is 4. The maximum Gasteiger partial charge on any atom is 0.189 e. The van der Waals surface area contributed by atoms with Crippen molar-refractivity contribution in [2.24, 2.45) is 0 Å². The van der Waals surface area contributed by atoms with E-state index >= 15 is 0 Å². The number of nitrogens with two attached hydrogens (primary N) is 1. The van der Waals surface area contributed by atoms with Gasteiger partial charge in [0.05, 0.1) is 31.2 Å². The molecule has 0 aliphatic heterocycles. The van der Waals surface area contributed by atoms with Gasteiger partial charge in [0.1, 0.15) is 11.5 Å². The Hall–Kier alpha value is -3.61. The molecule has 0 bridgehead atoms. The number of hydrogen-bond acceptors (Lipinski definition) is 6. The van der Waals surface area contributed by atoms with Gasteiger partial charge in [0.25, 0.3) is 0 Å². The molecule has 0 amide bonds. The minimum absolute atomic E-state index is 0.556. The summed E-state index contributed by atoms with van der Waals surface area (Å²) < 4.78 is 12.3. The lowest BCUT2D eigenvalue weighted by atomic mass is 10.1. The molecular formula is C19H17N5O2. The molecule has 0 unspecified atom stereocenters. The van der Waals surface area contributed by atoms with Gasteiger partial charge in [0.15, 0.2) is 11.5 Å². The van der Waals surface area contributed by atoms with Crippen molar-refractivity contribution in [3.05, 3.63) is 54.6 Å². The van der Waals surface area contributed by atoms with Crippen LogP contribution in [0.25, 0.3) is 28.3 Å². The van der Waals surface area contributed by atoms with Crippen LogP contribution in [0.1, 0.15) is 0 Å². The average molecular weight is 347 g/mol. The Morgan fingerprint density at radius 1 is 0.885 bits per heavy atom. The molecule has 4 rings (SSSR count). The number of nitrogens with zero attached hydrogens (tertiary/aromatic N) is 4. The molecule has 0 saturated heterocycles. The predicted molar refractivity (Wildman–Crippen MR) is 99.2 cm³/mol. The van der Waals surface area contributed by atoms with E-state index in [9.17, 15) is 0 Å². The van der Waals surface area contributed by atoms with Gasteiger partial charge < -0.3 is 15.2 Å². The second kappa shape index (κ2) is 6.36. The highest BCUT2D eigenvalue weighted by atomic mass is 16.5. The number of anilines is 1. The summed E-state index contributed by atoms with van der Waals surface area (Å²) in [6.07, 6.45) is 0. The van der Waals surface area contributed by atoms with Gasteiger partial charge in [-0.2, -0.15) is 9.61 Å². The molecule has 26 heavy (non-hydrogen) atoms. The highest BCUT2D eigenvalue weighted by molar-refractivity contribution is 5.70. The van der Waals surface area contributed by atoms with Crippen LogP contribution in [0.4, 0.5) is 5.69 Å². The number of para-hydroxylation sites is 1. The van der Waals surface area contributed by atoms with Crippen molar-refractivity contribution in [1.82, 2.24) is 19.8 Å². The lowest BCUT2D eigenvalue weighted by molar-refractivity contribution is 0.416. The summed E-state index contributed by atoms with van der Waals surface area (Å²) in [6, 6.07) is 17.0. The van der Waals surface area contributed by atoms with E-state index in [1.807, 2.05) is 54.6 Å². The van der Waals surface area contributed by atoms with E-state index < -0.39 is 0 Å². The van der Waals surface area contributed by atoms with Crippen molar-refractivity contribution >= 4 is 11.3 Å². The molecule has 2 aromatic heterocycles. The number of hydrogen-bond donors (Lipinski definition) is 1. The van der Waals surface area contributed by atoms with Crippen LogP contribution in [0.15, 0.2) is 54.6 Å². The first-order valence-corrected chi connectivity index (χ1v) is 8.01. The molecule has 0 radical (unpaired) electrons. The molecule has 0 atom stereocenters. The van der Waals surface area contributed by atoms with Gasteiger partial charge in [0, 0.05) is 5.56 Å². The molecule has 2 heterocycles. The zero-order valence-electron chi connectivity index (χ0n) is 14.4. The van der Waals surface area contributed by atoms with E-state index in [4.69, 9.17) is 20.3 Å². The maximum atomic E-state index is 6.02. The largest absolute Gasteiger partial charge is 0.496 e. The van der Waals surface area contributed by atoms with Crippen LogP contribution in [0.3, 0.4) is 0 Å². The summed E-state index contributed by atoms with van der Waals surface area (Å²) in [5.74, 6) is 1.96. The third-order valence-corrected chi connectivity index (χ3v) is 4.14. The van der Waals surface area contributed by atoms with Gasteiger partial charge in [-0.15, -0.1) is 10.2 Å². The molecule has 7 heteroatoms. The van der Waals surface area contributed by atoms with Crippen LogP contribution in [0, 0.1) is 0 Å². The van der Waals surface area contributed by atoms with E-state index in [-0.39, 0.29) is 0 Å². The summed E-state index contributed by atoms with van der Waals surface area (Å²) in [4.78, 5) is 0. The fourth-order valence-electron chi connectivity index (χ4n) is 2.83. The molecule has 2 N–H and O–H groups in total. The Morgan fingerprint density at radius 2 is 1.69 bits per heavy atom.